The first-order valence-corrected chi connectivity index (χ1v) is 6.26. The highest BCUT2D eigenvalue weighted by atomic mass is 16.4. The van der Waals surface area contributed by atoms with Crippen LogP contribution in [0.15, 0.2) is 36.5 Å². The minimum atomic E-state index is -0.762. The lowest BCUT2D eigenvalue weighted by Gasteiger charge is -2.27. The lowest BCUT2D eigenvalue weighted by molar-refractivity contribution is -0.144. The van der Waals surface area contributed by atoms with Crippen molar-refractivity contribution in [3.63, 3.8) is 0 Å². The fourth-order valence-corrected chi connectivity index (χ4v) is 1.93. The maximum absolute atomic E-state index is 11.2. The monoisotopic (exact) mass is 251 g/mol. The Kier molecular flexibility index (Phi) is 8.05. The fourth-order valence-electron chi connectivity index (χ4n) is 1.93. The smallest absolute Gasteiger partial charge is 0.321 e. The number of likely N-dealkylation sites (N-methyl/N-ethyl adjacent to an activating group) is 1. The second-order valence-electron chi connectivity index (χ2n) is 4.91. The van der Waals surface area contributed by atoms with E-state index in [9.17, 15) is 9.90 Å². The number of nitrogens with zero attached hydrogens (tertiary/aromatic N) is 1. The minimum Gasteiger partial charge on any atom is -0.480 e. The first-order chi connectivity index (χ1) is 8.40. The van der Waals surface area contributed by atoms with Crippen LogP contribution in [0.1, 0.15) is 27.2 Å². The van der Waals surface area contributed by atoms with Crippen LogP contribution in [0.2, 0.25) is 0 Å². The van der Waals surface area contributed by atoms with Crippen LogP contribution in [-0.2, 0) is 4.79 Å². The Morgan fingerprint density at radius 3 is 2.50 bits per heavy atom. The number of hydrogen-bond donors (Lipinski definition) is 1. The number of allylic oxidation sites excluding steroid dienone is 4. The largest absolute Gasteiger partial charge is 0.480 e. The van der Waals surface area contributed by atoms with E-state index in [0.29, 0.717) is 6.54 Å². The molecule has 0 spiro atoms. The molecule has 0 aromatic rings. The van der Waals surface area contributed by atoms with Crippen molar-refractivity contribution in [1.29, 1.82) is 0 Å². The molecule has 0 aliphatic carbocycles. The normalized spacial score (nSPS) is 14.4. The van der Waals surface area contributed by atoms with E-state index in [1.807, 2.05) is 57.0 Å². The first kappa shape index (κ1) is 16.6. The third-order valence-electron chi connectivity index (χ3n) is 2.68. The van der Waals surface area contributed by atoms with Crippen LogP contribution in [-0.4, -0.2) is 35.6 Å². The van der Waals surface area contributed by atoms with Crippen molar-refractivity contribution < 1.29 is 9.90 Å². The van der Waals surface area contributed by atoms with Crippen molar-refractivity contribution in [2.75, 3.05) is 13.6 Å². The zero-order chi connectivity index (χ0) is 14.1. The van der Waals surface area contributed by atoms with Gasteiger partial charge in [-0.3, -0.25) is 9.69 Å². The van der Waals surface area contributed by atoms with Gasteiger partial charge in [-0.1, -0.05) is 43.7 Å². The molecule has 0 radical (unpaired) electrons. The lowest BCUT2D eigenvalue weighted by Crippen LogP contribution is -2.43. The molecule has 0 amide bonds. The van der Waals surface area contributed by atoms with Crippen molar-refractivity contribution in [3.05, 3.63) is 36.5 Å². The Balaban J connectivity index is 4.48. The second kappa shape index (κ2) is 8.70. The van der Waals surface area contributed by atoms with Crippen molar-refractivity contribution in [2.24, 2.45) is 5.92 Å². The summed E-state index contributed by atoms with van der Waals surface area (Å²) < 4.78 is 0. The molecule has 1 unspecified atom stereocenters. The van der Waals surface area contributed by atoms with Gasteiger partial charge < -0.3 is 5.11 Å². The van der Waals surface area contributed by atoms with Gasteiger partial charge in [0.05, 0.1) is 0 Å². The van der Waals surface area contributed by atoms with Crippen molar-refractivity contribution >= 4 is 5.97 Å². The number of carboxylic acid groups (broad SMARTS) is 1. The quantitative estimate of drug-likeness (QED) is 0.532. The van der Waals surface area contributed by atoms with E-state index in [-0.39, 0.29) is 5.92 Å². The molecule has 3 nitrogen and oxygen atoms in total. The Morgan fingerprint density at radius 2 is 2.06 bits per heavy atom. The zero-order valence-corrected chi connectivity index (χ0v) is 11.9. The van der Waals surface area contributed by atoms with Crippen LogP contribution in [0.25, 0.3) is 0 Å². The van der Waals surface area contributed by atoms with E-state index in [1.54, 1.807) is 0 Å². The van der Waals surface area contributed by atoms with Gasteiger partial charge in [0.25, 0.3) is 0 Å². The highest BCUT2D eigenvalue weighted by Gasteiger charge is 2.25. The van der Waals surface area contributed by atoms with E-state index >= 15 is 0 Å². The molecule has 18 heavy (non-hydrogen) atoms. The third kappa shape index (κ3) is 6.40. The summed E-state index contributed by atoms with van der Waals surface area (Å²) in [6, 6.07) is -0.439. The van der Waals surface area contributed by atoms with Gasteiger partial charge in [-0.2, -0.15) is 0 Å². The molecular weight excluding hydrogens is 226 g/mol. The summed E-state index contributed by atoms with van der Waals surface area (Å²) in [7, 11) is 1.85. The lowest BCUT2D eigenvalue weighted by atomic mass is 10.0. The van der Waals surface area contributed by atoms with E-state index in [4.69, 9.17) is 0 Å². The summed E-state index contributed by atoms with van der Waals surface area (Å²) in [4.78, 5) is 13.1. The molecule has 0 aromatic carbocycles. The zero-order valence-electron chi connectivity index (χ0n) is 11.9. The summed E-state index contributed by atoms with van der Waals surface area (Å²) in [6.07, 6.45) is 8.71. The second-order valence-corrected chi connectivity index (χ2v) is 4.91. The molecule has 0 saturated heterocycles. The van der Waals surface area contributed by atoms with Crippen LogP contribution >= 0.6 is 0 Å². The molecule has 0 rings (SSSR count). The molecule has 102 valence electrons. The molecule has 0 aliphatic heterocycles. The Bertz CT molecular complexity index is 329. The standard InChI is InChI=1S/C15H25NO2/c1-6-7-8-9-10-13(4)11-16(5)14(12(2)3)15(17)18/h6,8-10,12,14H,1,7,11H2,2-5H3,(H,17,18)/b9-8-,13-10+. The molecule has 0 aliphatic rings. The van der Waals surface area contributed by atoms with Crippen LogP contribution in [0, 0.1) is 5.92 Å². The van der Waals surface area contributed by atoms with Gasteiger partial charge in [-0.25, -0.2) is 0 Å². The van der Waals surface area contributed by atoms with Crippen molar-refractivity contribution in [2.45, 2.75) is 33.2 Å². The third-order valence-corrected chi connectivity index (χ3v) is 2.68. The van der Waals surface area contributed by atoms with Gasteiger partial charge in [0.2, 0.25) is 0 Å². The van der Waals surface area contributed by atoms with E-state index in [2.05, 4.69) is 6.58 Å². The molecule has 1 atom stereocenters. The van der Waals surface area contributed by atoms with E-state index < -0.39 is 12.0 Å². The number of carboxylic acids is 1. The fraction of sp³-hybridized carbons (Fsp3) is 0.533. The topological polar surface area (TPSA) is 40.5 Å². The molecule has 0 saturated carbocycles. The Labute approximate surface area is 110 Å². The van der Waals surface area contributed by atoms with Crippen molar-refractivity contribution in [3.8, 4) is 0 Å². The summed E-state index contributed by atoms with van der Waals surface area (Å²) in [5.41, 5.74) is 1.14. The minimum absolute atomic E-state index is 0.0941. The van der Waals surface area contributed by atoms with Gasteiger partial charge in [-0.05, 0) is 26.3 Å². The van der Waals surface area contributed by atoms with Gasteiger partial charge in [-0.15, -0.1) is 6.58 Å². The maximum Gasteiger partial charge on any atom is 0.321 e. The first-order valence-electron chi connectivity index (χ1n) is 6.26. The van der Waals surface area contributed by atoms with E-state index in [1.165, 1.54) is 0 Å². The van der Waals surface area contributed by atoms with Gasteiger partial charge in [0.1, 0.15) is 6.04 Å². The number of rotatable bonds is 8. The SMILES string of the molecule is C=CC/C=C\C=C(/C)CN(C)C(C(=O)O)C(C)C. The number of aliphatic carboxylic acids is 1. The summed E-state index contributed by atoms with van der Waals surface area (Å²) in [5, 5.41) is 9.19. The van der Waals surface area contributed by atoms with Crippen molar-refractivity contribution in [1.82, 2.24) is 4.90 Å². The molecule has 1 N–H and O–H groups in total. The Hall–Kier alpha value is -1.35. The van der Waals surface area contributed by atoms with E-state index in [0.717, 1.165) is 12.0 Å². The van der Waals surface area contributed by atoms with Gasteiger partial charge in [0, 0.05) is 6.54 Å². The predicted molar refractivity (Wildman–Crippen MR) is 76.6 cm³/mol. The average molecular weight is 251 g/mol. The summed E-state index contributed by atoms with van der Waals surface area (Å²) in [5.74, 6) is -0.667. The van der Waals surface area contributed by atoms with Gasteiger partial charge in [0.15, 0.2) is 0 Å². The van der Waals surface area contributed by atoms with Crippen LogP contribution in [0.3, 0.4) is 0 Å². The van der Waals surface area contributed by atoms with Gasteiger partial charge >= 0.3 is 5.97 Å². The van der Waals surface area contributed by atoms with Crippen LogP contribution in [0.5, 0.6) is 0 Å². The summed E-state index contributed by atoms with van der Waals surface area (Å²) in [6.45, 7) is 10.2. The molecule has 0 bridgehead atoms. The maximum atomic E-state index is 11.2. The molecule has 0 heterocycles. The predicted octanol–water partition coefficient (Wildman–Crippen LogP) is 3.11. The number of carbonyl (C=O) groups is 1. The molecule has 0 aromatic heterocycles. The number of hydrogen-bond acceptors (Lipinski definition) is 2. The molecular formula is C15H25NO2. The van der Waals surface area contributed by atoms with Crippen LogP contribution in [0.4, 0.5) is 0 Å². The highest BCUT2D eigenvalue weighted by Crippen LogP contribution is 2.11. The average Bonchev–Trinajstić information content (AvgIpc) is 2.23. The molecule has 3 heteroatoms. The summed E-state index contributed by atoms with van der Waals surface area (Å²) >= 11 is 0. The highest BCUT2D eigenvalue weighted by molar-refractivity contribution is 5.73. The molecule has 0 fully saturated rings. The van der Waals surface area contributed by atoms with Crippen LogP contribution < -0.4 is 0 Å². The Morgan fingerprint density at radius 1 is 1.44 bits per heavy atom.